The number of aryl methyl sites for hydroxylation is 1. The van der Waals surface area contributed by atoms with Crippen molar-refractivity contribution in [1.82, 2.24) is 19.8 Å². The molecule has 2 heterocycles. The second-order valence-electron chi connectivity index (χ2n) is 4.57. The number of urea groups is 1. The third-order valence-corrected chi connectivity index (χ3v) is 3.24. The van der Waals surface area contributed by atoms with E-state index in [0.29, 0.717) is 13.1 Å². The summed E-state index contributed by atoms with van der Waals surface area (Å²) in [5.74, 6) is 0. The molecule has 0 aliphatic carbocycles. The predicted octanol–water partition coefficient (Wildman–Crippen LogP) is 0.569. The zero-order chi connectivity index (χ0) is 13.0. The Morgan fingerprint density at radius 2 is 2.50 bits per heavy atom. The molecule has 6 heteroatoms. The lowest BCUT2D eigenvalue weighted by Crippen LogP contribution is -2.47. The molecule has 1 aliphatic rings. The Morgan fingerprint density at radius 1 is 1.67 bits per heavy atom. The molecule has 0 bridgehead atoms. The number of aromatic nitrogens is 2. The van der Waals surface area contributed by atoms with Gasteiger partial charge in [-0.3, -0.25) is 0 Å². The Bertz CT molecular complexity index is 405. The molecule has 1 fully saturated rings. The number of aliphatic hydroxyl groups excluding tert-OH is 1. The van der Waals surface area contributed by atoms with Gasteiger partial charge in [-0.2, -0.15) is 0 Å². The Hall–Kier alpha value is -1.56. The Balaban J connectivity index is 1.84. The Kier molecular flexibility index (Phi) is 4.19. The Morgan fingerprint density at radius 3 is 3.22 bits per heavy atom. The van der Waals surface area contributed by atoms with Crippen molar-refractivity contribution >= 4 is 6.03 Å². The molecule has 1 aliphatic heterocycles. The zero-order valence-electron chi connectivity index (χ0n) is 10.7. The fraction of sp³-hybridized carbons (Fsp3) is 0.667. The fourth-order valence-electron chi connectivity index (χ4n) is 2.20. The van der Waals surface area contributed by atoms with Crippen molar-refractivity contribution < 1.29 is 9.90 Å². The van der Waals surface area contributed by atoms with Crippen molar-refractivity contribution in [2.45, 2.75) is 39.0 Å². The van der Waals surface area contributed by atoms with Crippen LogP contribution < -0.4 is 5.32 Å². The number of carbonyl (C=O) groups excluding carboxylic acids is 1. The number of aliphatic hydroxyl groups is 1. The van der Waals surface area contributed by atoms with Gasteiger partial charge in [-0.25, -0.2) is 9.78 Å². The lowest BCUT2D eigenvalue weighted by Gasteiger charge is -2.30. The molecule has 0 spiro atoms. The minimum Gasteiger partial charge on any atom is -0.391 e. The number of rotatable bonds is 3. The second-order valence-corrected chi connectivity index (χ2v) is 4.57. The average molecular weight is 252 g/mol. The highest BCUT2D eigenvalue weighted by atomic mass is 16.3. The smallest absolute Gasteiger partial charge is 0.317 e. The van der Waals surface area contributed by atoms with E-state index < -0.39 is 0 Å². The van der Waals surface area contributed by atoms with Crippen molar-refractivity contribution in [2.24, 2.45) is 0 Å². The minimum absolute atomic E-state index is 0.113. The summed E-state index contributed by atoms with van der Waals surface area (Å²) in [7, 11) is 0. The van der Waals surface area contributed by atoms with Gasteiger partial charge < -0.3 is 19.9 Å². The molecular formula is C12H20N4O2. The summed E-state index contributed by atoms with van der Waals surface area (Å²) in [4.78, 5) is 17.6. The van der Waals surface area contributed by atoms with Crippen LogP contribution in [0.25, 0.3) is 0 Å². The van der Waals surface area contributed by atoms with Crippen molar-refractivity contribution in [1.29, 1.82) is 0 Å². The fourth-order valence-corrected chi connectivity index (χ4v) is 2.20. The maximum Gasteiger partial charge on any atom is 0.317 e. The average Bonchev–Trinajstić information content (AvgIpc) is 2.83. The first-order valence-electron chi connectivity index (χ1n) is 6.40. The normalized spacial score (nSPS) is 19.9. The van der Waals surface area contributed by atoms with E-state index in [2.05, 4.69) is 10.3 Å². The standard InChI is InChI=1S/C12H20N4O2/c1-2-15-9-13-6-10(15)7-14-12(18)16-5-3-4-11(17)8-16/h6,9,11,17H,2-5,7-8H2,1H3,(H,14,18)/t11-/m1/s1. The first-order valence-corrected chi connectivity index (χ1v) is 6.40. The first-order chi connectivity index (χ1) is 8.70. The van der Waals surface area contributed by atoms with Gasteiger partial charge in [0.1, 0.15) is 0 Å². The van der Waals surface area contributed by atoms with E-state index in [-0.39, 0.29) is 12.1 Å². The van der Waals surface area contributed by atoms with Gasteiger partial charge in [0.2, 0.25) is 0 Å². The molecule has 1 atom stereocenters. The zero-order valence-corrected chi connectivity index (χ0v) is 10.7. The van der Waals surface area contributed by atoms with E-state index in [1.54, 1.807) is 17.4 Å². The molecule has 18 heavy (non-hydrogen) atoms. The molecule has 2 N–H and O–H groups in total. The molecular weight excluding hydrogens is 232 g/mol. The van der Waals surface area contributed by atoms with E-state index in [0.717, 1.165) is 31.6 Å². The molecule has 0 radical (unpaired) electrons. The van der Waals surface area contributed by atoms with Crippen LogP contribution in [-0.4, -0.2) is 44.8 Å². The summed E-state index contributed by atoms with van der Waals surface area (Å²) in [6.45, 7) is 4.50. The number of amides is 2. The van der Waals surface area contributed by atoms with Crippen LogP contribution in [0.1, 0.15) is 25.5 Å². The molecule has 1 aromatic heterocycles. The molecule has 2 rings (SSSR count). The van der Waals surface area contributed by atoms with E-state index >= 15 is 0 Å². The second kappa shape index (κ2) is 5.86. The van der Waals surface area contributed by atoms with Crippen LogP contribution in [-0.2, 0) is 13.1 Å². The van der Waals surface area contributed by atoms with Gasteiger partial charge in [-0.05, 0) is 19.8 Å². The van der Waals surface area contributed by atoms with E-state index in [9.17, 15) is 9.90 Å². The molecule has 1 saturated heterocycles. The predicted molar refractivity (Wildman–Crippen MR) is 67.0 cm³/mol. The quantitative estimate of drug-likeness (QED) is 0.826. The van der Waals surface area contributed by atoms with Gasteiger partial charge in [-0.15, -0.1) is 0 Å². The van der Waals surface area contributed by atoms with Gasteiger partial charge in [0.25, 0.3) is 0 Å². The lowest BCUT2D eigenvalue weighted by atomic mass is 10.1. The molecule has 1 aromatic rings. The molecule has 100 valence electrons. The van der Waals surface area contributed by atoms with Crippen LogP contribution in [0.2, 0.25) is 0 Å². The van der Waals surface area contributed by atoms with Gasteiger partial charge >= 0.3 is 6.03 Å². The summed E-state index contributed by atoms with van der Waals surface area (Å²) < 4.78 is 1.99. The topological polar surface area (TPSA) is 70.4 Å². The number of hydrogen-bond acceptors (Lipinski definition) is 3. The van der Waals surface area contributed by atoms with Crippen LogP contribution in [0, 0.1) is 0 Å². The number of β-amino-alcohol motifs (C(OH)–C–C–N with tert-alkyl or cyclic N) is 1. The molecule has 0 unspecified atom stereocenters. The minimum atomic E-state index is -0.384. The van der Waals surface area contributed by atoms with Gasteiger partial charge in [0, 0.05) is 25.8 Å². The van der Waals surface area contributed by atoms with E-state index in [4.69, 9.17) is 0 Å². The number of hydrogen-bond donors (Lipinski definition) is 2. The van der Waals surface area contributed by atoms with Crippen molar-refractivity contribution in [2.75, 3.05) is 13.1 Å². The summed E-state index contributed by atoms with van der Waals surface area (Å²) in [5.41, 5.74) is 0.989. The van der Waals surface area contributed by atoms with E-state index in [1.165, 1.54) is 0 Å². The third-order valence-electron chi connectivity index (χ3n) is 3.24. The molecule has 2 amide bonds. The van der Waals surface area contributed by atoms with Gasteiger partial charge in [0.05, 0.1) is 24.7 Å². The number of likely N-dealkylation sites (tertiary alicyclic amines) is 1. The maximum absolute atomic E-state index is 11.9. The largest absolute Gasteiger partial charge is 0.391 e. The maximum atomic E-state index is 11.9. The number of carbonyl (C=O) groups is 1. The highest BCUT2D eigenvalue weighted by Crippen LogP contribution is 2.09. The van der Waals surface area contributed by atoms with Crippen molar-refractivity contribution in [3.8, 4) is 0 Å². The Labute approximate surface area is 107 Å². The summed E-state index contributed by atoms with van der Waals surface area (Å²) in [6, 6.07) is -0.113. The summed E-state index contributed by atoms with van der Waals surface area (Å²) >= 11 is 0. The van der Waals surface area contributed by atoms with Gasteiger partial charge in [-0.1, -0.05) is 0 Å². The lowest BCUT2D eigenvalue weighted by molar-refractivity contribution is 0.0841. The molecule has 6 nitrogen and oxygen atoms in total. The third kappa shape index (κ3) is 3.01. The van der Waals surface area contributed by atoms with Crippen molar-refractivity contribution in [3.05, 3.63) is 18.2 Å². The number of imidazole rings is 1. The molecule has 0 aromatic carbocycles. The molecule has 0 saturated carbocycles. The van der Waals surface area contributed by atoms with Crippen LogP contribution in [0.3, 0.4) is 0 Å². The SMILES string of the molecule is CCn1cncc1CNC(=O)N1CCC[C@@H](O)C1. The van der Waals surface area contributed by atoms with Crippen LogP contribution in [0.15, 0.2) is 12.5 Å². The van der Waals surface area contributed by atoms with Crippen LogP contribution >= 0.6 is 0 Å². The van der Waals surface area contributed by atoms with E-state index in [1.807, 2.05) is 11.5 Å². The number of nitrogens with one attached hydrogen (secondary N) is 1. The summed E-state index contributed by atoms with van der Waals surface area (Å²) in [5, 5.41) is 12.4. The monoisotopic (exact) mass is 252 g/mol. The number of nitrogens with zero attached hydrogens (tertiary/aromatic N) is 3. The highest BCUT2D eigenvalue weighted by molar-refractivity contribution is 5.74. The van der Waals surface area contributed by atoms with Gasteiger partial charge in [0.15, 0.2) is 0 Å². The van der Waals surface area contributed by atoms with Crippen LogP contribution in [0.4, 0.5) is 4.79 Å². The van der Waals surface area contributed by atoms with Crippen LogP contribution in [0.5, 0.6) is 0 Å². The van der Waals surface area contributed by atoms with Crippen molar-refractivity contribution in [3.63, 3.8) is 0 Å². The number of piperidine rings is 1. The summed E-state index contributed by atoms with van der Waals surface area (Å²) in [6.07, 6.45) is 4.78. The highest BCUT2D eigenvalue weighted by Gasteiger charge is 2.21. The first kappa shape index (κ1) is 12.9.